The van der Waals surface area contributed by atoms with Gasteiger partial charge in [0.25, 0.3) is 0 Å². The lowest BCUT2D eigenvalue weighted by Gasteiger charge is -2.03. The molecule has 0 amide bonds. The first-order chi connectivity index (χ1) is 8.78. The molecule has 0 aliphatic heterocycles. The van der Waals surface area contributed by atoms with Crippen molar-refractivity contribution in [1.29, 1.82) is 0 Å². The van der Waals surface area contributed by atoms with Crippen LogP contribution in [0.2, 0.25) is 5.02 Å². The van der Waals surface area contributed by atoms with Crippen LogP contribution in [-0.2, 0) is 19.6 Å². The number of hydrogen-bond acceptors (Lipinski definition) is 3. The van der Waals surface area contributed by atoms with Gasteiger partial charge in [-0.15, -0.1) is 0 Å². The third-order valence-electron chi connectivity index (χ3n) is 2.68. The summed E-state index contributed by atoms with van der Waals surface area (Å²) in [5.74, 6) is 1.44. The minimum atomic E-state index is -0.0508. The van der Waals surface area contributed by atoms with E-state index in [1.54, 1.807) is 6.07 Å². The summed E-state index contributed by atoms with van der Waals surface area (Å²) >= 11 is 5.82. The third-order valence-corrected chi connectivity index (χ3v) is 2.93. The van der Waals surface area contributed by atoms with Crippen LogP contribution in [0.15, 0.2) is 40.8 Å². The predicted octanol–water partition coefficient (Wildman–Crippen LogP) is 2.76. The van der Waals surface area contributed by atoms with Gasteiger partial charge >= 0.3 is 0 Å². The normalized spacial score (nSPS) is 10.8. The van der Waals surface area contributed by atoms with Gasteiger partial charge in [0.15, 0.2) is 0 Å². The van der Waals surface area contributed by atoms with Crippen LogP contribution in [0.5, 0.6) is 0 Å². The topological polar surface area (TPSA) is 45.4 Å². The van der Waals surface area contributed by atoms with Gasteiger partial charge in [0, 0.05) is 5.02 Å². The second kappa shape index (κ2) is 6.59. The highest BCUT2D eigenvalue weighted by Crippen LogP contribution is 2.10. The van der Waals surface area contributed by atoms with Crippen molar-refractivity contribution in [3.8, 4) is 0 Å². The predicted molar refractivity (Wildman–Crippen MR) is 71.5 cm³/mol. The van der Waals surface area contributed by atoms with Crippen molar-refractivity contribution in [2.75, 3.05) is 6.54 Å². The second-order valence-electron chi connectivity index (χ2n) is 4.08. The highest BCUT2D eigenvalue weighted by atomic mass is 35.5. The number of aliphatic hydroxyl groups excluding tert-OH is 1. The standard InChI is InChI=1S/C14H16ClNO2/c15-12-3-1-11(2-4-12)7-8-16-9-13-5-6-14(10-17)18-13/h1-6,16-17H,7-10H2. The number of aliphatic hydroxyl groups is 1. The molecular formula is C14H16ClNO2. The van der Waals surface area contributed by atoms with Crippen molar-refractivity contribution in [1.82, 2.24) is 5.32 Å². The van der Waals surface area contributed by atoms with Gasteiger partial charge in [0.05, 0.1) is 6.54 Å². The van der Waals surface area contributed by atoms with Crippen molar-refractivity contribution in [2.24, 2.45) is 0 Å². The molecule has 0 radical (unpaired) electrons. The molecule has 0 aliphatic rings. The Kier molecular flexibility index (Phi) is 4.81. The molecule has 0 spiro atoms. The zero-order valence-corrected chi connectivity index (χ0v) is 10.8. The quantitative estimate of drug-likeness (QED) is 0.790. The Bertz CT molecular complexity index is 479. The van der Waals surface area contributed by atoms with Crippen molar-refractivity contribution in [3.05, 3.63) is 58.5 Å². The SMILES string of the molecule is OCc1ccc(CNCCc2ccc(Cl)cc2)o1. The fourth-order valence-electron chi connectivity index (χ4n) is 1.70. The number of halogens is 1. The van der Waals surface area contributed by atoms with Crippen molar-refractivity contribution >= 4 is 11.6 Å². The Balaban J connectivity index is 1.71. The number of benzene rings is 1. The first-order valence-corrected chi connectivity index (χ1v) is 6.29. The average molecular weight is 266 g/mol. The van der Waals surface area contributed by atoms with E-state index in [1.165, 1.54) is 5.56 Å². The van der Waals surface area contributed by atoms with Gasteiger partial charge < -0.3 is 14.8 Å². The molecule has 0 bridgehead atoms. The summed E-state index contributed by atoms with van der Waals surface area (Å²) in [6.45, 7) is 1.50. The molecule has 0 aliphatic carbocycles. The molecule has 96 valence electrons. The summed E-state index contributed by atoms with van der Waals surface area (Å²) in [6, 6.07) is 11.5. The van der Waals surface area contributed by atoms with E-state index in [0.717, 1.165) is 23.7 Å². The van der Waals surface area contributed by atoms with Gasteiger partial charge in [-0.2, -0.15) is 0 Å². The lowest BCUT2D eigenvalue weighted by Crippen LogP contribution is -2.16. The van der Waals surface area contributed by atoms with Gasteiger partial charge in [-0.1, -0.05) is 23.7 Å². The first kappa shape index (κ1) is 13.1. The van der Waals surface area contributed by atoms with Crippen LogP contribution in [0.25, 0.3) is 0 Å². The summed E-state index contributed by atoms with van der Waals surface area (Å²) in [6.07, 6.45) is 0.949. The number of rotatable bonds is 6. The van der Waals surface area contributed by atoms with E-state index < -0.39 is 0 Å². The van der Waals surface area contributed by atoms with Crippen LogP contribution in [0.3, 0.4) is 0 Å². The summed E-state index contributed by atoms with van der Waals surface area (Å²) < 4.78 is 5.37. The molecule has 3 nitrogen and oxygen atoms in total. The van der Waals surface area contributed by atoms with E-state index in [2.05, 4.69) is 5.32 Å². The van der Waals surface area contributed by atoms with E-state index in [1.807, 2.05) is 30.3 Å². The van der Waals surface area contributed by atoms with Crippen LogP contribution in [0.1, 0.15) is 17.1 Å². The molecule has 0 saturated carbocycles. The molecule has 0 saturated heterocycles. The minimum Gasteiger partial charge on any atom is -0.462 e. The largest absolute Gasteiger partial charge is 0.462 e. The Labute approximate surface area is 111 Å². The van der Waals surface area contributed by atoms with Gasteiger partial charge in [0.2, 0.25) is 0 Å². The second-order valence-corrected chi connectivity index (χ2v) is 4.52. The van der Waals surface area contributed by atoms with Gasteiger partial charge in [-0.25, -0.2) is 0 Å². The lowest BCUT2D eigenvalue weighted by molar-refractivity contribution is 0.243. The van der Waals surface area contributed by atoms with Crippen LogP contribution in [0.4, 0.5) is 0 Å². The Morgan fingerprint density at radius 1 is 1.06 bits per heavy atom. The molecule has 18 heavy (non-hydrogen) atoms. The minimum absolute atomic E-state index is 0.0508. The maximum Gasteiger partial charge on any atom is 0.129 e. The molecule has 0 fully saturated rings. The Morgan fingerprint density at radius 3 is 2.44 bits per heavy atom. The maximum atomic E-state index is 8.87. The zero-order valence-electron chi connectivity index (χ0n) is 10.0. The molecule has 2 rings (SSSR count). The monoisotopic (exact) mass is 265 g/mol. The fraction of sp³-hybridized carbons (Fsp3) is 0.286. The van der Waals surface area contributed by atoms with Crippen molar-refractivity contribution in [2.45, 2.75) is 19.6 Å². The lowest BCUT2D eigenvalue weighted by atomic mass is 10.1. The number of furan rings is 1. The van der Waals surface area contributed by atoms with Crippen LogP contribution >= 0.6 is 11.6 Å². The molecule has 2 N–H and O–H groups in total. The zero-order chi connectivity index (χ0) is 12.8. The molecular weight excluding hydrogens is 250 g/mol. The van der Waals surface area contributed by atoms with E-state index in [-0.39, 0.29) is 6.61 Å². The molecule has 1 aromatic heterocycles. The molecule has 2 aromatic rings. The summed E-state index contributed by atoms with van der Waals surface area (Å²) in [7, 11) is 0. The summed E-state index contributed by atoms with van der Waals surface area (Å²) in [4.78, 5) is 0. The Hall–Kier alpha value is -1.29. The molecule has 4 heteroatoms. The fourth-order valence-corrected chi connectivity index (χ4v) is 1.82. The summed E-state index contributed by atoms with van der Waals surface area (Å²) in [5.41, 5.74) is 1.25. The maximum absolute atomic E-state index is 8.87. The van der Waals surface area contributed by atoms with Crippen molar-refractivity contribution in [3.63, 3.8) is 0 Å². The van der Waals surface area contributed by atoms with E-state index >= 15 is 0 Å². The van der Waals surface area contributed by atoms with E-state index in [4.69, 9.17) is 21.1 Å². The van der Waals surface area contributed by atoms with E-state index in [0.29, 0.717) is 12.3 Å². The third kappa shape index (κ3) is 3.88. The average Bonchev–Trinajstić information content (AvgIpc) is 2.85. The first-order valence-electron chi connectivity index (χ1n) is 5.91. The molecule has 1 heterocycles. The van der Waals surface area contributed by atoms with Gasteiger partial charge in [0.1, 0.15) is 18.1 Å². The summed E-state index contributed by atoms with van der Waals surface area (Å²) in [5, 5.41) is 12.9. The van der Waals surface area contributed by atoms with E-state index in [9.17, 15) is 0 Å². The van der Waals surface area contributed by atoms with Gasteiger partial charge in [-0.3, -0.25) is 0 Å². The van der Waals surface area contributed by atoms with Crippen LogP contribution in [0, 0.1) is 0 Å². The smallest absolute Gasteiger partial charge is 0.129 e. The number of nitrogens with one attached hydrogen (secondary N) is 1. The van der Waals surface area contributed by atoms with Crippen LogP contribution < -0.4 is 5.32 Å². The molecule has 0 atom stereocenters. The highest BCUT2D eigenvalue weighted by Gasteiger charge is 2.00. The van der Waals surface area contributed by atoms with Crippen molar-refractivity contribution < 1.29 is 9.52 Å². The Morgan fingerprint density at radius 2 is 1.78 bits per heavy atom. The molecule has 0 unspecified atom stereocenters. The highest BCUT2D eigenvalue weighted by molar-refractivity contribution is 6.30. The van der Waals surface area contributed by atoms with Crippen LogP contribution in [-0.4, -0.2) is 11.7 Å². The number of hydrogen-bond donors (Lipinski definition) is 2. The molecule has 1 aromatic carbocycles. The van der Waals surface area contributed by atoms with Gasteiger partial charge in [-0.05, 0) is 42.8 Å².